The molecule has 3 unspecified atom stereocenters. The van der Waals surface area contributed by atoms with Gasteiger partial charge in [-0.25, -0.2) is 0 Å². The van der Waals surface area contributed by atoms with E-state index < -0.39 is 0 Å². The van der Waals surface area contributed by atoms with E-state index in [4.69, 9.17) is 0 Å². The molecule has 0 aliphatic carbocycles. The Hall–Kier alpha value is -1.21. The van der Waals surface area contributed by atoms with Gasteiger partial charge in [0.05, 0.1) is 17.3 Å². The number of nitrogens with zero attached hydrogens (tertiary/aromatic N) is 1. The number of rotatable bonds is 1. The molecule has 0 saturated carbocycles. The zero-order chi connectivity index (χ0) is 15.1. The molecular formula is C17H15IN2OS. The molecule has 0 bridgehead atoms. The van der Waals surface area contributed by atoms with Gasteiger partial charge < -0.3 is 10.2 Å². The number of halogens is 1. The van der Waals surface area contributed by atoms with Gasteiger partial charge in [0.25, 0.3) is 5.91 Å². The Morgan fingerprint density at radius 3 is 2.64 bits per heavy atom. The number of benzene rings is 2. The zero-order valence-corrected chi connectivity index (χ0v) is 14.8. The predicted octanol–water partition coefficient (Wildman–Crippen LogP) is 3.81. The van der Waals surface area contributed by atoms with Crippen molar-refractivity contribution in [3.05, 3.63) is 65.7 Å². The Labute approximate surface area is 147 Å². The first-order valence-electron chi connectivity index (χ1n) is 7.24. The summed E-state index contributed by atoms with van der Waals surface area (Å²) >= 11 is 4.35. The molecule has 22 heavy (non-hydrogen) atoms. The van der Waals surface area contributed by atoms with E-state index in [0.29, 0.717) is 3.92 Å². The number of para-hydroxylation sites is 1. The minimum Gasteiger partial charge on any atom is -0.334 e. The van der Waals surface area contributed by atoms with Crippen LogP contribution in [-0.2, 0) is 0 Å². The highest BCUT2D eigenvalue weighted by atomic mass is 127. The van der Waals surface area contributed by atoms with Crippen LogP contribution in [0.5, 0.6) is 0 Å². The molecule has 1 amide bonds. The number of hydrogen-bond donors (Lipinski definition) is 1. The summed E-state index contributed by atoms with van der Waals surface area (Å²) in [5.41, 5.74) is 3.13. The summed E-state index contributed by atoms with van der Waals surface area (Å²) in [6, 6.07) is 18.8. The van der Waals surface area contributed by atoms with E-state index in [2.05, 4.69) is 63.1 Å². The van der Waals surface area contributed by atoms with Crippen molar-refractivity contribution in [2.75, 3.05) is 10.7 Å². The first-order chi connectivity index (χ1) is 10.8. The maximum atomic E-state index is 12.3. The number of anilines is 1. The number of hydrogen-bond acceptors (Lipinski definition) is 3. The smallest absolute Gasteiger partial charge is 0.255 e. The minimum atomic E-state index is 0.0126. The number of thioether (sulfide) groups is 1. The van der Waals surface area contributed by atoms with Crippen LogP contribution in [0, 0.1) is 0 Å². The Balaban J connectivity index is 1.85. The molecule has 0 radical (unpaired) electrons. The fourth-order valence-corrected chi connectivity index (χ4v) is 5.69. The van der Waals surface area contributed by atoms with Gasteiger partial charge in [-0.2, -0.15) is 0 Å². The van der Waals surface area contributed by atoms with Gasteiger partial charge in [-0.3, -0.25) is 4.79 Å². The maximum absolute atomic E-state index is 12.3. The Morgan fingerprint density at radius 1 is 1.09 bits per heavy atom. The van der Waals surface area contributed by atoms with E-state index in [1.165, 1.54) is 5.56 Å². The summed E-state index contributed by atoms with van der Waals surface area (Å²) in [6.45, 7) is 0. The minimum absolute atomic E-state index is 0.0126. The molecule has 2 heterocycles. The fraction of sp³-hybridized carbons (Fsp3) is 0.235. The lowest BCUT2D eigenvalue weighted by atomic mass is 9.99. The number of alkyl halides is 1. The summed E-state index contributed by atoms with van der Waals surface area (Å²) < 4.78 is 0.490. The number of nitrogens with one attached hydrogen (secondary N) is 1. The highest BCUT2D eigenvalue weighted by molar-refractivity contribution is 14.1. The Kier molecular flexibility index (Phi) is 3.78. The number of carbonyl (C=O) groups is 1. The molecule has 2 aliphatic heterocycles. The molecule has 1 fully saturated rings. The summed E-state index contributed by atoms with van der Waals surface area (Å²) in [4.78, 5) is 14.7. The molecule has 5 heteroatoms. The van der Waals surface area contributed by atoms with Crippen molar-refractivity contribution in [2.24, 2.45) is 0 Å². The van der Waals surface area contributed by atoms with Crippen molar-refractivity contribution in [2.45, 2.75) is 15.5 Å². The largest absolute Gasteiger partial charge is 0.334 e. The third kappa shape index (κ3) is 2.31. The third-order valence-corrected chi connectivity index (χ3v) is 7.06. The standard InChI is InChI=1S/C17H15IN2OS/c18-13-10-22-17-19-16(21)12-8-4-5-9-14(12)20(17)15(13)11-6-2-1-3-7-11/h1-9,13,15,17H,10H2,(H,19,21). The van der Waals surface area contributed by atoms with Gasteiger partial charge in [0, 0.05) is 9.68 Å². The van der Waals surface area contributed by atoms with E-state index >= 15 is 0 Å². The van der Waals surface area contributed by atoms with E-state index in [0.717, 1.165) is 17.0 Å². The molecule has 4 rings (SSSR count). The van der Waals surface area contributed by atoms with Crippen LogP contribution in [0.15, 0.2) is 54.6 Å². The van der Waals surface area contributed by atoms with Gasteiger partial charge in [-0.05, 0) is 17.7 Å². The van der Waals surface area contributed by atoms with Crippen molar-refractivity contribution < 1.29 is 4.79 Å². The average molecular weight is 422 g/mol. The molecule has 2 aliphatic rings. The third-order valence-electron chi connectivity index (χ3n) is 4.13. The first kappa shape index (κ1) is 14.4. The topological polar surface area (TPSA) is 32.3 Å². The Bertz CT molecular complexity index is 709. The summed E-state index contributed by atoms with van der Waals surface area (Å²) in [5.74, 6) is 1.06. The lowest BCUT2D eigenvalue weighted by Gasteiger charge is -2.48. The number of fused-ring (bicyclic) bond motifs is 3. The molecule has 2 aromatic rings. The maximum Gasteiger partial charge on any atom is 0.255 e. The predicted molar refractivity (Wildman–Crippen MR) is 99.6 cm³/mol. The van der Waals surface area contributed by atoms with Crippen LogP contribution in [0.4, 0.5) is 5.69 Å². The van der Waals surface area contributed by atoms with Gasteiger partial charge in [-0.1, -0.05) is 65.1 Å². The molecule has 112 valence electrons. The van der Waals surface area contributed by atoms with Crippen LogP contribution in [-0.4, -0.2) is 21.1 Å². The second-order valence-corrected chi connectivity index (χ2v) is 8.17. The highest BCUT2D eigenvalue weighted by Gasteiger charge is 2.42. The van der Waals surface area contributed by atoms with E-state index in [1.807, 2.05) is 36.0 Å². The molecule has 2 aromatic carbocycles. The normalized spacial score (nSPS) is 26.9. The molecule has 0 aromatic heterocycles. The lowest BCUT2D eigenvalue weighted by Crippen LogP contribution is -2.57. The molecule has 3 atom stereocenters. The van der Waals surface area contributed by atoms with Gasteiger partial charge in [0.15, 0.2) is 5.50 Å². The SMILES string of the molecule is O=C1NC2SCC(I)C(c3ccccc3)N2c2ccccc21. The van der Waals surface area contributed by atoms with Crippen molar-refractivity contribution in [1.82, 2.24) is 5.32 Å². The highest BCUT2D eigenvalue weighted by Crippen LogP contribution is 2.45. The number of amides is 1. The summed E-state index contributed by atoms with van der Waals surface area (Å²) in [6.07, 6.45) is 0. The molecular weight excluding hydrogens is 407 g/mol. The van der Waals surface area contributed by atoms with Crippen molar-refractivity contribution in [1.29, 1.82) is 0 Å². The quantitative estimate of drug-likeness (QED) is 0.561. The van der Waals surface area contributed by atoms with Crippen LogP contribution in [0.1, 0.15) is 22.0 Å². The van der Waals surface area contributed by atoms with Crippen LogP contribution in [0.2, 0.25) is 0 Å². The van der Waals surface area contributed by atoms with Crippen LogP contribution >= 0.6 is 34.4 Å². The monoisotopic (exact) mass is 422 g/mol. The van der Waals surface area contributed by atoms with Gasteiger partial charge in [-0.15, -0.1) is 11.8 Å². The van der Waals surface area contributed by atoms with Crippen molar-refractivity contribution in [3.63, 3.8) is 0 Å². The summed E-state index contributed by atoms with van der Waals surface area (Å²) in [7, 11) is 0. The molecule has 0 spiro atoms. The second-order valence-electron chi connectivity index (χ2n) is 5.46. The van der Waals surface area contributed by atoms with Gasteiger partial charge in [0.2, 0.25) is 0 Å². The number of carbonyl (C=O) groups excluding carboxylic acids is 1. The summed E-state index contributed by atoms with van der Waals surface area (Å²) in [5, 5.41) is 3.14. The molecule has 3 nitrogen and oxygen atoms in total. The van der Waals surface area contributed by atoms with E-state index in [-0.39, 0.29) is 17.4 Å². The van der Waals surface area contributed by atoms with Crippen LogP contribution in [0.3, 0.4) is 0 Å². The van der Waals surface area contributed by atoms with Crippen LogP contribution in [0.25, 0.3) is 0 Å². The second kappa shape index (κ2) is 5.77. The first-order valence-corrected chi connectivity index (χ1v) is 9.54. The van der Waals surface area contributed by atoms with E-state index in [9.17, 15) is 4.79 Å². The van der Waals surface area contributed by atoms with Crippen LogP contribution < -0.4 is 10.2 Å². The zero-order valence-electron chi connectivity index (χ0n) is 11.8. The Morgan fingerprint density at radius 2 is 1.82 bits per heavy atom. The van der Waals surface area contributed by atoms with Crippen molar-refractivity contribution in [3.8, 4) is 0 Å². The van der Waals surface area contributed by atoms with E-state index in [1.54, 1.807) is 0 Å². The van der Waals surface area contributed by atoms with Gasteiger partial charge >= 0.3 is 0 Å². The molecule has 1 N–H and O–H groups in total. The lowest BCUT2D eigenvalue weighted by molar-refractivity contribution is 0.0940. The molecule has 1 saturated heterocycles. The fourth-order valence-electron chi connectivity index (χ4n) is 3.16. The van der Waals surface area contributed by atoms with Crippen molar-refractivity contribution >= 4 is 45.9 Å². The average Bonchev–Trinajstić information content (AvgIpc) is 2.56. The van der Waals surface area contributed by atoms with Gasteiger partial charge in [0.1, 0.15) is 0 Å².